The SMILES string of the molecule is Clc1cccc(COc2cccc(CNc3ccccc3Cl)c2)c1. The quantitative estimate of drug-likeness (QED) is 0.568. The molecule has 0 saturated carbocycles. The highest BCUT2D eigenvalue weighted by atomic mass is 35.5. The van der Waals surface area contributed by atoms with Crippen molar-refractivity contribution in [2.45, 2.75) is 13.2 Å². The van der Waals surface area contributed by atoms with Crippen molar-refractivity contribution < 1.29 is 4.74 Å². The van der Waals surface area contributed by atoms with Crippen LogP contribution in [-0.2, 0) is 13.2 Å². The molecular formula is C20H17Cl2NO. The Labute approximate surface area is 152 Å². The lowest BCUT2D eigenvalue weighted by Crippen LogP contribution is -2.01. The molecule has 3 rings (SSSR count). The van der Waals surface area contributed by atoms with Crippen LogP contribution in [0.4, 0.5) is 5.69 Å². The van der Waals surface area contributed by atoms with Crippen LogP contribution in [0, 0.1) is 0 Å². The van der Waals surface area contributed by atoms with E-state index >= 15 is 0 Å². The van der Waals surface area contributed by atoms with E-state index in [1.54, 1.807) is 0 Å². The van der Waals surface area contributed by atoms with Crippen molar-refractivity contribution in [3.05, 3.63) is 94.0 Å². The van der Waals surface area contributed by atoms with E-state index in [1.165, 1.54) is 0 Å². The van der Waals surface area contributed by atoms with Gasteiger partial charge in [-0.1, -0.05) is 59.6 Å². The van der Waals surface area contributed by atoms with Gasteiger partial charge in [-0.15, -0.1) is 0 Å². The van der Waals surface area contributed by atoms with Gasteiger partial charge < -0.3 is 10.1 Å². The Morgan fingerprint density at radius 2 is 1.58 bits per heavy atom. The van der Waals surface area contributed by atoms with Gasteiger partial charge in [-0.25, -0.2) is 0 Å². The minimum absolute atomic E-state index is 0.488. The molecule has 0 atom stereocenters. The second kappa shape index (κ2) is 8.09. The van der Waals surface area contributed by atoms with Crippen LogP contribution in [0.15, 0.2) is 72.8 Å². The predicted molar refractivity (Wildman–Crippen MR) is 101 cm³/mol. The lowest BCUT2D eigenvalue weighted by Gasteiger charge is -2.11. The molecular weight excluding hydrogens is 341 g/mol. The molecule has 0 aliphatic carbocycles. The fourth-order valence-corrected chi connectivity index (χ4v) is 2.76. The Hall–Kier alpha value is -2.16. The average molecular weight is 358 g/mol. The monoisotopic (exact) mass is 357 g/mol. The maximum atomic E-state index is 6.15. The van der Waals surface area contributed by atoms with Gasteiger partial charge in [-0.2, -0.15) is 0 Å². The molecule has 0 aliphatic rings. The summed E-state index contributed by atoms with van der Waals surface area (Å²) in [5, 5.41) is 4.76. The number of para-hydroxylation sites is 1. The minimum Gasteiger partial charge on any atom is -0.489 e. The van der Waals surface area contributed by atoms with Gasteiger partial charge in [0.25, 0.3) is 0 Å². The van der Waals surface area contributed by atoms with Gasteiger partial charge in [0, 0.05) is 11.6 Å². The Balaban J connectivity index is 1.60. The zero-order valence-corrected chi connectivity index (χ0v) is 14.5. The topological polar surface area (TPSA) is 21.3 Å². The van der Waals surface area contributed by atoms with E-state index < -0.39 is 0 Å². The molecule has 0 saturated heterocycles. The molecule has 24 heavy (non-hydrogen) atoms. The van der Waals surface area contributed by atoms with Gasteiger partial charge in [-0.3, -0.25) is 0 Å². The summed E-state index contributed by atoms with van der Waals surface area (Å²) in [7, 11) is 0. The van der Waals surface area contributed by atoms with Gasteiger partial charge in [0.2, 0.25) is 0 Å². The van der Waals surface area contributed by atoms with Gasteiger partial charge in [0.05, 0.1) is 10.7 Å². The molecule has 0 fully saturated rings. The Morgan fingerprint density at radius 3 is 2.42 bits per heavy atom. The Kier molecular flexibility index (Phi) is 5.63. The van der Waals surface area contributed by atoms with E-state index in [2.05, 4.69) is 11.4 Å². The standard InChI is InChI=1S/C20H17Cl2NO/c21-17-7-3-6-16(11-17)14-24-18-8-4-5-15(12-18)13-23-20-10-2-1-9-19(20)22/h1-12,23H,13-14H2. The van der Waals surface area contributed by atoms with Crippen molar-refractivity contribution >= 4 is 28.9 Å². The molecule has 0 bridgehead atoms. The van der Waals surface area contributed by atoms with Crippen molar-refractivity contribution in [1.29, 1.82) is 0 Å². The van der Waals surface area contributed by atoms with Crippen LogP contribution in [0.3, 0.4) is 0 Å². The largest absolute Gasteiger partial charge is 0.489 e. The van der Waals surface area contributed by atoms with Crippen LogP contribution in [0.2, 0.25) is 10.0 Å². The van der Waals surface area contributed by atoms with Crippen molar-refractivity contribution in [3.8, 4) is 5.75 Å². The van der Waals surface area contributed by atoms with Gasteiger partial charge in [0.1, 0.15) is 12.4 Å². The minimum atomic E-state index is 0.488. The summed E-state index contributed by atoms with van der Waals surface area (Å²) in [6.07, 6.45) is 0. The molecule has 4 heteroatoms. The van der Waals surface area contributed by atoms with Crippen LogP contribution >= 0.6 is 23.2 Å². The van der Waals surface area contributed by atoms with Gasteiger partial charge in [0.15, 0.2) is 0 Å². The number of benzene rings is 3. The third-order valence-corrected chi connectivity index (χ3v) is 4.11. The number of hydrogen-bond acceptors (Lipinski definition) is 2. The maximum absolute atomic E-state index is 6.15. The molecule has 0 aromatic heterocycles. The first kappa shape index (κ1) is 16.7. The normalized spacial score (nSPS) is 10.4. The first-order valence-corrected chi connectivity index (χ1v) is 8.41. The number of hydrogen-bond donors (Lipinski definition) is 1. The zero-order chi connectivity index (χ0) is 16.8. The number of halogens is 2. The summed E-state index contributed by atoms with van der Waals surface area (Å²) in [6, 6.07) is 23.4. The molecule has 0 spiro atoms. The number of ether oxygens (including phenoxy) is 1. The molecule has 0 aliphatic heterocycles. The predicted octanol–water partition coefficient (Wildman–Crippen LogP) is 6.18. The van der Waals surface area contributed by atoms with Crippen LogP contribution in [0.1, 0.15) is 11.1 Å². The van der Waals surface area contributed by atoms with Crippen LogP contribution in [-0.4, -0.2) is 0 Å². The summed E-state index contributed by atoms with van der Waals surface area (Å²) in [5.41, 5.74) is 3.09. The molecule has 2 nitrogen and oxygen atoms in total. The van der Waals surface area contributed by atoms with Crippen molar-refractivity contribution in [2.75, 3.05) is 5.32 Å². The third-order valence-electron chi connectivity index (χ3n) is 3.55. The zero-order valence-electron chi connectivity index (χ0n) is 13.0. The van der Waals surface area contributed by atoms with E-state index in [0.717, 1.165) is 22.6 Å². The maximum Gasteiger partial charge on any atom is 0.120 e. The van der Waals surface area contributed by atoms with E-state index in [0.29, 0.717) is 23.2 Å². The van der Waals surface area contributed by atoms with Crippen LogP contribution in [0.5, 0.6) is 5.75 Å². The Morgan fingerprint density at radius 1 is 0.792 bits per heavy atom. The molecule has 3 aromatic rings. The first-order chi connectivity index (χ1) is 11.7. The summed E-state index contributed by atoms with van der Waals surface area (Å²) >= 11 is 12.1. The van der Waals surface area contributed by atoms with Gasteiger partial charge >= 0.3 is 0 Å². The van der Waals surface area contributed by atoms with Crippen molar-refractivity contribution in [1.82, 2.24) is 0 Å². The first-order valence-electron chi connectivity index (χ1n) is 7.65. The lowest BCUT2D eigenvalue weighted by atomic mass is 10.2. The molecule has 1 N–H and O–H groups in total. The highest BCUT2D eigenvalue weighted by Crippen LogP contribution is 2.22. The Bertz CT molecular complexity index is 820. The average Bonchev–Trinajstić information content (AvgIpc) is 2.60. The highest BCUT2D eigenvalue weighted by molar-refractivity contribution is 6.33. The summed E-state index contributed by atoms with van der Waals surface area (Å²) in [6.45, 7) is 1.17. The second-order valence-corrected chi connectivity index (χ2v) is 6.24. The fraction of sp³-hybridized carbons (Fsp3) is 0.100. The fourth-order valence-electron chi connectivity index (χ4n) is 2.34. The number of nitrogens with one attached hydrogen (secondary N) is 1. The molecule has 0 heterocycles. The number of rotatable bonds is 6. The second-order valence-electron chi connectivity index (χ2n) is 5.40. The van der Waals surface area contributed by atoms with Crippen molar-refractivity contribution in [3.63, 3.8) is 0 Å². The van der Waals surface area contributed by atoms with E-state index in [9.17, 15) is 0 Å². The smallest absolute Gasteiger partial charge is 0.120 e. The summed E-state index contributed by atoms with van der Waals surface area (Å²) in [4.78, 5) is 0. The summed E-state index contributed by atoms with van der Waals surface area (Å²) in [5.74, 6) is 0.827. The van der Waals surface area contributed by atoms with E-state index in [-0.39, 0.29) is 0 Å². The number of anilines is 1. The van der Waals surface area contributed by atoms with Crippen molar-refractivity contribution in [2.24, 2.45) is 0 Å². The third kappa shape index (κ3) is 4.67. The van der Waals surface area contributed by atoms with Crippen LogP contribution in [0.25, 0.3) is 0 Å². The lowest BCUT2D eigenvalue weighted by molar-refractivity contribution is 0.306. The van der Waals surface area contributed by atoms with Crippen LogP contribution < -0.4 is 10.1 Å². The molecule has 122 valence electrons. The molecule has 0 unspecified atom stereocenters. The molecule has 3 aromatic carbocycles. The summed E-state index contributed by atoms with van der Waals surface area (Å²) < 4.78 is 5.85. The van der Waals surface area contributed by atoms with Gasteiger partial charge in [-0.05, 0) is 47.5 Å². The van der Waals surface area contributed by atoms with E-state index in [1.807, 2.05) is 66.7 Å². The molecule has 0 amide bonds. The highest BCUT2D eigenvalue weighted by Gasteiger charge is 2.01. The molecule has 0 radical (unpaired) electrons. The van der Waals surface area contributed by atoms with E-state index in [4.69, 9.17) is 27.9 Å².